The van der Waals surface area contributed by atoms with Crippen molar-refractivity contribution in [1.82, 2.24) is 4.90 Å². The van der Waals surface area contributed by atoms with E-state index in [1.165, 1.54) is 0 Å². The van der Waals surface area contributed by atoms with E-state index in [0.717, 1.165) is 6.42 Å². The summed E-state index contributed by atoms with van der Waals surface area (Å²) in [6, 6.07) is 0. The van der Waals surface area contributed by atoms with Crippen molar-refractivity contribution in [2.75, 3.05) is 19.6 Å². The van der Waals surface area contributed by atoms with Crippen LogP contribution in [0.4, 0.5) is 13.2 Å². The zero-order chi connectivity index (χ0) is 16.0. The van der Waals surface area contributed by atoms with E-state index in [1.54, 1.807) is 4.90 Å². The van der Waals surface area contributed by atoms with Gasteiger partial charge in [-0.05, 0) is 44.6 Å². The predicted molar refractivity (Wildman–Crippen MR) is 76.6 cm³/mol. The van der Waals surface area contributed by atoms with Crippen molar-refractivity contribution in [1.29, 1.82) is 0 Å². The van der Waals surface area contributed by atoms with E-state index in [4.69, 9.17) is 5.73 Å². The molecule has 1 aliphatic carbocycles. The highest BCUT2D eigenvalue weighted by Crippen LogP contribution is 2.40. The lowest BCUT2D eigenvalue weighted by Crippen LogP contribution is -2.41. The third-order valence-corrected chi connectivity index (χ3v) is 4.07. The molecule has 0 saturated heterocycles. The molecule has 1 amide bonds. The van der Waals surface area contributed by atoms with Crippen LogP contribution in [0.15, 0.2) is 0 Å². The fourth-order valence-electron chi connectivity index (χ4n) is 2.94. The number of nitrogens with zero attached hydrogens (tertiary/aromatic N) is 1. The Hall–Kier alpha value is -0.780. The van der Waals surface area contributed by atoms with Crippen molar-refractivity contribution in [3.63, 3.8) is 0 Å². The monoisotopic (exact) mass is 308 g/mol. The van der Waals surface area contributed by atoms with Gasteiger partial charge in [0.05, 0.1) is 5.92 Å². The van der Waals surface area contributed by atoms with Gasteiger partial charge in [0.1, 0.15) is 0 Å². The summed E-state index contributed by atoms with van der Waals surface area (Å²) in [7, 11) is 0. The van der Waals surface area contributed by atoms with Gasteiger partial charge in [0.2, 0.25) is 5.91 Å². The molecule has 0 unspecified atom stereocenters. The minimum absolute atomic E-state index is 0.0118. The van der Waals surface area contributed by atoms with Crippen LogP contribution in [0.5, 0.6) is 0 Å². The van der Waals surface area contributed by atoms with Gasteiger partial charge in [-0.1, -0.05) is 13.8 Å². The molecule has 1 aliphatic rings. The molecule has 0 aromatic heterocycles. The van der Waals surface area contributed by atoms with Crippen molar-refractivity contribution in [3.8, 4) is 0 Å². The number of halogens is 3. The fourth-order valence-corrected chi connectivity index (χ4v) is 2.94. The smallest absolute Gasteiger partial charge is 0.342 e. The maximum atomic E-state index is 12.7. The van der Waals surface area contributed by atoms with E-state index in [9.17, 15) is 18.0 Å². The molecule has 1 rings (SSSR count). The normalized spacial score (nSPS) is 23.4. The van der Waals surface area contributed by atoms with Crippen molar-refractivity contribution in [2.45, 2.75) is 52.1 Å². The second kappa shape index (κ2) is 8.01. The van der Waals surface area contributed by atoms with Gasteiger partial charge in [-0.15, -0.1) is 0 Å². The average Bonchev–Trinajstić information content (AvgIpc) is 2.41. The van der Waals surface area contributed by atoms with Crippen LogP contribution in [0.1, 0.15) is 46.0 Å². The summed E-state index contributed by atoms with van der Waals surface area (Å²) in [4.78, 5) is 14.3. The van der Waals surface area contributed by atoms with E-state index < -0.39 is 12.1 Å². The van der Waals surface area contributed by atoms with E-state index >= 15 is 0 Å². The van der Waals surface area contributed by atoms with Gasteiger partial charge in [0.15, 0.2) is 0 Å². The Bertz CT molecular complexity index is 323. The lowest BCUT2D eigenvalue weighted by Gasteiger charge is -2.33. The molecule has 0 aromatic carbocycles. The van der Waals surface area contributed by atoms with Crippen molar-refractivity contribution in [3.05, 3.63) is 0 Å². The summed E-state index contributed by atoms with van der Waals surface area (Å²) < 4.78 is 38.0. The Balaban J connectivity index is 2.56. The maximum Gasteiger partial charge on any atom is 0.391 e. The SMILES string of the molecule is CC(C)CN(CCCN)C(=O)C1CCC(C(F)(F)F)CC1. The first-order valence-corrected chi connectivity index (χ1v) is 7.81. The average molecular weight is 308 g/mol. The number of rotatable bonds is 6. The number of alkyl halides is 3. The highest BCUT2D eigenvalue weighted by atomic mass is 19.4. The van der Waals surface area contributed by atoms with Gasteiger partial charge in [-0.25, -0.2) is 0 Å². The highest BCUT2D eigenvalue weighted by Gasteiger charge is 2.42. The molecule has 0 bridgehead atoms. The van der Waals surface area contributed by atoms with E-state index in [2.05, 4.69) is 0 Å². The molecule has 124 valence electrons. The first-order chi connectivity index (χ1) is 9.75. The highest BCUT2D eigenvalue weighted by molar-refractivity contribution is 5.79. The molecule has 0 radical (unpaired) electrons. The molecule has 21 heavy (non-hydrogen) atoms. The second-order valence-corrected chi connectivity index (χ2v) is 6.41. The Morgan fingerprint density at radius 1 is 1.24 bits per heavy atom. The van der Waals surface area contributed by atoms with E-state index in [0.29, 0.717) is 38.4 Å². The lowest BCUT2D eigenvalue weighted by molar-refractivity contribution is -0.185. The summed E-state index contributed by atoms with van der Waals surface area (Å²) in [5, 5.41) is 0. The van der Waals surface area contributed by atoms with Crippen LogP contribution in [-0.4, -0.2) is 36.6 Å². The quantitative estimate of drug-likeness (QED) is 0.819. The first-order valence-electron chi connectivity index (χ1n) is 7.81. The molecule has 0 heterocycles. The molecule has 0 aliphatic heterocycles. The van der Waals surface area contributed by atoms with Gasteiger partial charge < -0.3 is 10.6 Å². The standard InChI is InChI=1S/C15H27F3N2O/c1-11(2)10-20(9-3-8-19)14(21)12-4-6-13(7-5-12)15(16,17)18/h11-13H,3-10,19H2,1-2H3. The molecule has 0 atom stereocenters. The summed E-state index contributed by atoms with van der Waals surface area (Å²) in [5.41, 5.74) is 5.49. The van der Waals surface area contributed by atoms with Crippen molar-refractivity contribution < 1.29 is 18.0 Å². The number of carbonyl (C=O) groups is 1. The van der Waals surface area contributed by atoms with E-state index in [-0.39, 0.29) is 24.7 Å². The predicted octanol–water partition coefficient (Wildman–Crippen LogP) is 3.19. The third-order valence-electron chi connectivity index (χ3n) is 4.07. The van der Waals surface area contributed by atoms with Crippen LogP contribution in [0.3, 0.4) is 0 Å². The third kappa shape index (κ3) is 5.85. The molecular weight excluding hydrogens is 281 g/mol. The van der Waals surface area contributed by atoms with Crippen LogP contribution < -0.4 is 5.73 Å². The topological polar surface area (TPSA) is 46.3 Å². The van der Waals surface area contributed by atoms with Crippen molar-refractivity contribution in [2.24, 2.45) is 23.5 Å². The maximum absolute atomic E-state index is 12.7. The second-order valence-electron chi connectivity index (χ2n) is 6.41. The number of hydrogen-bond donors (Lipinski definition) is 1. The fraction of sp³-hybridized carbons (Fsp3) is 0.933. The van der Waals surface area contributed by atoms with Gasteiger partial charge >= 0.3 is 6.18 Å². The number of hydrogen-bond acceptors (Lipinski definition) is 2. The van der Waals surface area contributed by atoms with Crippen LogP contribution in [0.2, 0.25) is 0 Å². The van der Waals surface area contributed by atoms with Gasteiger partial charge in [0.25, 0.3) is 0 Å². The molecular formula is C15H27F3N2O. The van der Waals surface area contributed by atoms with Gasteiger partial charge in [0, 0.05) is 19.0 Å². The molecule has 0 spiro atoms. The molecule has 0 aromatic rings. The molecule has 2 N–H and O–H groups in total. The van der Waals surface area contributed by atoms with Crippen LogP contribution >= 0.6 is 0 Å². The van der Waals surface area contributed by atoms with Gasteiger partial charge in [-0.3, -0.25) is 4.79 Å². The molecule has 1 saturated carbocycles. The molecule has 1 fully saturated rings. The van der Waals surface area contributed by atoms with Crippen molar-refractivity contribution >= 4 is 5.91 Å². The summed E-state index contributed by atoms with van der Waals surface area (Å²) in [6.45, 7) is 5.83. The van der Waals surface area contributed by atoms with Crippen LogP contribution in [0, 0.1) is 17.8 Å². The Labute approximate surface area is 125 Å². The van der Waals surface area contributed by atoms with Gasteiger partial charge in [-0.2, -0.15) is 13.2 Å². The van der Waals surface area contributed by atoms with E-state index in [1.807, 2.05) is 13.8 Å². The number of nitrogens with two attached hydrogens (primary N) is 1. The largest absolute Gasteiger partial charge is 0.391 e. The van der Waals surface area contributed by atoms with Crippen LogP contribution in [0.25, 0.3) is 0 Å². The Kier molecular flexibility index (Phi) is 6.97. The number of carbonyl (C=O) groups excluding carboxylic acids is 1. The zero-order valence-electron chi connectivity index (χ0n) is 13.0. The first kappa shape index (κ1) is 18.3. The minimum Gasteiger partial charge on any atom is -0.342 e. The summed E-state index contributed by atoms with van der Waals surface area (Å²) >= 11 is 0. The minimum atomic E-state index is -4.12. The lowest BCUT2D eigenvalue weighted by atomic mass is 9.81. The summed E-state index contributed by atoms with van der Waals surface area (Å²) in [6.07, 6.45) is -2.54. The Morgan fingerprint density at radius 2 is 1.81 bits per heavy atom. The molecule has 6 heteroatoms. The molecule has 3 nitrogen and oxygen atoms in total. The summed E-state index contributed by atoms with van der Waals surface area (Å²) in [5.74, 6) is -1.12. The van der Waals surface area contributed by atoms with Crippen LogP contribution in [-0.2, 0) is 4.79 Å². The zero-order valence-corrected chi connectivity index (χ0v) is 13.0. The Morgan fingerprint density at radius 3 is 2.24 bits per heavy atom. The number of amides is 1.